The summed E-state index contributed by atoms with van der Waals surface area (Å²) in [6.07, 6.45) is 4.18. The fourth-order valence-electron chi connectivity index (χ4n) is 3.17. The normalized spacial score (nSPS) is 14.8. The summed E-state index contributed by atoms with van der Waals surface area (Å²) in [6, 6.07) is 5.51. The Balaban J connectivity index is 0.000000192. The SMILES string of the molecule is Cc1cc2cc3c(C)cc(=O)oc3c(C)c2o1.O=C1CCCCCN1. The van der Waals surface area contributed by atoms with Crippen LogP contribution in [0, 0.1) is 20.8 Å². The average molecular weight is 341 g/mol. The fourth-order valence-corrected chi connectivity index (χ4v) is 3.17. The van der Waals surface area contributed by atoms with Gasteiger partial charge in [0, 0.05) is 35.4 Å². The minimum Gasteiger partial charge on any atom is -0.461 e. The molecule has 0 bridgehead atoms. The highest BCUT2D eigenvalue weighted by Gasteiger charge is 2.12. The predicted octanol–water partition coefficient (Wildman–Crippen LogP) is 4.14. The first-order valence-corrected chi connectivity index (χ1v) is 8.66. The third kappa shape index (κ3) is 3.76. The van der Waals surface area contributed by atoms with Gasteiger partial charge in [-0.25, -0.2) is 4.79 Å². The lowest BCUT2D eigenvalue weighted by atomic mass is 10.1. The molecule has 0 radical (unpaired) electrons. The van der Waals surface area contributed by atoms with E-state index in [1.807, 2.05) is 32.9 Å². The summed E-state index contributed by atoms with van der Waals surface area (Å²) in [6.45, 7) is 6.62. The van der Waals surface area contributed by atoms with Crippen molar-refractivity contribution in [2.45, 2.75) is 46.5 Å². The Bertz CT molecular complexity index is 971. The summed E-state index contributed by atoms with van der Waals surface area (Å²) in [7, 11) is 0. The number of carbonyl (C=O) groups is 1. The van der Waals surface area contributed by atoms with Crippen LogP contribution in [0.25, 0.3) is 21.9 Å². The molecular formula is C20H23NO4. The first kappa shape index (κ1) is 17.3. The summed E-state index contributed by atoms with van der Waals surface area (Å²) < 4.78 is 10.9. The van der Waals surface area contributed by atoms with Crippen LogP contribution in [0.3, 0.4) is 0 Å². The monoisotopic (exact) mass is 341 g/mol. The maximum Gasteiger partial charge on any atom is 0.336 e. The van der Waals surface area contributed by atoms with Crippen LogP contribution in [0.5, 0.6) is 0 Å². The molecule has 0 spiro atoms. The number of hydrogen-bond donors (Lipinski definition) is 1. The summed E-state index contributed by atoms with van der Waals surface area (Å²) in [5, 5.41) is 4.82. The first-order chi connectivity index (χ1) is 12.0. The van der Waals surface area contributed by atoms with Gasteiger partial charge in [0.25, 0.3) is 0 Å². The van der Waals surface area contributed by atoms with Crippen LogP contribution in [-0.4, -0.2) is 12.5 Å². The number of furan rings is 1. The number of rotatable bonds is 0. The second-order valence-corrected chi connectivity index (χ2v) is 6.56. The lowest BCUT2D eigenvalue weighted by Crippen LogP contribution is -2.21. The van der Waals surface area contributed by atoms with Crippen molar-refractivity contribution >= 4 is 27.8 Å². The summed E-state index contributed by atoms with van der Waals surface area (Å²) in [5.74, 6) is 1.08. The van der Waals surface area contributed by atoms with Crippen molar-refractivity contribution in [2.24, 2.45) is 0 Å². The van der Waals surface area contributed by atoms with Gasteiger partial charge in [-0.3, -0.25) is 4.79 Å². The maximum atomic E-state index is 11.4. The first-order valence-electron chi connectivity index (χ1n) is 8.66. The highest BCUT2D eigenvalue weighted by molar-refractivity contribution is 5.98. The van der Waals surface area contributed by atoms with Gasteiger partial charge in [0.15, 0.2) is 0 Å². The summed E-state index contributed by atoms with van der Waals surface area (Å²) in [4.78, 5) is 22.0. The second-order valence-electron chi connectivity index (χ2n) is 6.56. The Kier molecular flexibility index (Phi) is 4.93. The smallest absolute Gasteiger partial charge is 0.336 e. The Labute approximate surface area is 146 Å². The van der Waals surface area contributed by atoms with Gasteiger partial charge in [0.2, 0.25) is 5.91 Å². The van der Waals surface area contributed by atoms with E-state index in [1.54, 1.807) is 0 Å². The van der Waals surface area contributed by atoms with Gasteiger partial charge in [-0.15, -0.1) is 0 Å². The van der Waals surface area contributed by atoms with Crippen LogP contribution in [0.15, 0.2) is 31.8 Å². The molecule has 0 aliphatic carbocycles. The highest BCUT2D eigenvalue weighted by Crippen LogP contribution is 2.30. The van der Waals surface area contributed by atoms with E-state index in [9.17, 15) is 9.59 Å². The number of amides is 1. The molecule has 2 aromatic heterocycles. The van der Waals surface area contributed by atoms with Crippen molar-refractivity contribution in [1.82, 2.24) is 5.32 Å². The van der Waals surface area contributed by atoms with Gasteiger partial charge >= 0.3 is 5.63 Å². The Morgan fingerprint density at radius 2 is 1.72 bits per heavy atom. The minimum absolute atomic E-state index is 0.225. The molecule has 1 amide bonds. The average Bonchev–Trinajstić information content (AvgIpc) is 2.76. The molecule has 3 heterocycles. The Morgan fingerprint density at radius 3 is 2.52 bits per heavy atom. The second kappa shape index (κ2) is 7.13. The van der Waals surface area contributed by atoms with Crippen molar-refractivity contribution < 1.29 is 13.6 Å². The molecule has 25 heavy (non-hydrogen) atoms. The van der Waals surface area contributed by atoms with Crippen LogP contribution < -0.4 is 10.9 Å². The third-order valence-corrected chi connectivity index (χ3v) is 4.47. The topological polar surface area (TPSA) is 72.5 Å². The molecule has 1 N–H and O–H groups in total. The molecule has 0 unspecified atom stereocenters. The molecule has 1 fully saturated rings. The molecule has 0 saturated carbocycles. The van der Waals surface area contributed by atoms with Gasteiger partial charge in [0.1, 0.15) is 16.9 Å². The van der Waals surface area contributed by atoms with Crippen LogP contribution in [0.1, 0.15) is 42.6 Å². The molecule has 132 valence electrons. The number of hydrogen-bond acceptors (Lipinski definition) is 4. The van der Waals surface area contributed by atoms with E-state index < -0.39 is 0 Å². The van der Waals surface area contributed by atoms with Crippen molar-refractivity contribution in [2.75, 3.05) is 6.54 Å². The maximum absolute atomic E-state index is 11.4. The zero-order chi connectivity index (χ0) is 18.0. The molecule has 1 aromatic carbocycles. The van der Waals surface area contributed by atoms with Gasteiger partial charge in [-0.1, -0.05) is 6.42 Å². The molecule has 5 heteroatoms. The molecule has 5 nitrogen and oxygen atoms in total. The number of nitrogens with one attached hydrogen (secondary N) is 1. The van der Waals surface area contributed by atoms with Crippen molar-refractivity contribution in [3.63, 3.8) is 0 Å². The van der Waals surface area contributed by atoms with E-state index in [0.717, 1.165) is 59.0 Å². The minimum atomic E-state index is -0.319. The van der Waals surface area contributed by atoms with Gasteiger partial charge < -0.3 is 14.2 Å². The molecule has 4 rings (SSSR count). The number of fused-ring (bicyclic) bond motifs is 2. The van der Waals surface area contributed by atoms with Crippen molar-refractivity contribution in [3.8, 4) is 0 Å². The zero-order valence-corrected chi connectivity index (χ0v) is 14.9. The van der Waals surface area contributed by atoms with Crippen LogP contribution >= 0.6 is 0 Å². The standard InChI is InChI=1S/C14H12O3.C6H11NO/c1-7-4-12(15)17-14-9(3)13-10(6-11(7)14)5-8(2)16-13;8-6-4-2-1-3-5-7-6/h4-6H,1-3H3;1-5H2,(H,7,8). The molecule has 1 aliphatic rings. The van der Waals surface area contributed by atoms with Crippen LogP contribution in [0.2, 0.25) is 0 Å². The Hall–Kier alpha value is -2.56. The highest BCUT2D eigenvalue weighted by atomic mass is 16.4. The van der Waals surface area contributed by atoms with E-state index in [1.165, 1.54) is 12.5 Å². The molecule has 0 atom stereocenters. The van der Waals surface area contributed by atoms with E-state index >= 15 is 0 Å². The molecular weight excluding hydrogens is 318 g/mol. The van der Waals surface area contributed by atoms with E-state index in [2.05, 4.69) is 5.32 Å². The van der Waals surface area contributed by atoms with Crippen LogP contribution in [0.4, 0.5) is 0 Å². The van der Waals surface area contributed by atoms with Crippen LogP contribution in [-0.2, 0) is 4.79 Å². The van der Waals surface area contributed by atoms with E-state index in [4.69, 9.17) is 8.83 Å². The van der Waals surface area contributed by atoms with Gasteiger partial charge in [-0.2, -0.15) is 0 Å². The van der Waals surface area contributed by atoms with Gasteiger partial charge in [0.05, 0.1) is 0 Å². The summed E-state index contributed by atoms with van der Waals surface area (Å²) >= 11 is 0. The molecule has 1 saturated heterocycles. The Morgan fingerprint density at radius 1 is 0.920 bits per heavy atom. The zero-order valence-electron chi connectivity index (χ0n) is 14.9. The number of carbonyl (C=O) groups excluding carboxylic acids is 1. The van der Waals surface area contributed by atoms with Gasteiger partial charge in [-0.05, 0) is 51.3 Å². The van der Waals surface area contributed by atoms with E-state index in [-0.39, 0.29) is 11.5 Å². The predicted molar refractivity (Wildman–Crippen MR) is 97.9 cm³/mol. The van der Waals surface area contributed by atoms with E-state index in [0.29, 0.717) is 5.58 Å². The number of benzene rings is 1. The molecule has 3 aromatic rings. The molecule has 1 aliphatic heterocycles. The summed E-state index contributed by atoms with van der Waals surface area (Å²) in [5.41, 5.74) is 2.91. The lowest BCUT2D eigenvalue weighted by Gasteiger charge is -2.03. The third-order valence-electron chi connectivity index (χ3n) is 4.47. The van der Waals surface area contributed by atoms with Crippen molar-refractivity contribution in [1.29, 1.82) is 0 Å². The largest absolute Gasteiger partial charge is 0.461 e. The number of aryl methyl sites for hydroxylation is 3. The fraction of sp³-hybridized carbons (Fsp3) is 0.400. The quantitative estimate of drug-likeness (QED) is 0.624. The lowest BCUT2D eigenvalue weighted by molar-refractivity contribution is -0.120. The van der Waals surface area contributed by atoms with Crippen molar-refractivity contribution in [3.05, 3.63) is 45.5 Å².